The van der Waals surface area contributed by atoms with Crippen molar-refractivity contribution < 1.29 is 109 Å². The van der Waals surface area contributed by atoms with Crippen molar-refractivity contribution in [3.63, 3.8) is 0 Å². The molecule has 0 aromatic carbocycles. The van der Waals surface area contributed by atoms with Crippen LogP contribution in [0.25, 0.3) is 0 Å². The van der Waals surface area contributed by atoms with Gasteiger partial charge in [-0.05, 0) is 0 Å². The average Bonchev–Trinajstić information content (AvgIpc) is 2.77. The van der Waals surface area contributed by atoms with Crippen LogP contribution < -0.4 is 18.9 Å². The van der Waals surface area contributed by atoms with Crippen molar-refractivity contribution in [1.29, 1.82) is 0 Å². The second-order valence-corrected chi connectivity index (χ2v) is 5.55. The largest absolute Gasteiger partial charge is 1.00 e. The van der Waals surface area contributed by atoms with Crippen molar-refractivity contribution in [3.8, 4) is 0 Å². The Morgan fingerprint density at radius 2 is 0.703 bits per heavy atom. The first-order chi connectivity index (χ1) is 16.5. The number of hydrogen-bond acceptors (Lipinski definition) is 6. The fraction of sp³-hybridized carbons (Fsp3) is 1.00. The summed E-state index contributed by atoms with van der Waals surface area (Å²) in [6.45, 7) is -13.2. The maximum absolute atomic E-state index is 12.0. The first-order valence-electron chi connectivity index (χ1n) is 9.26. The van der Waals surface area contributed by atoms with Gasteiger partial charge in [-0.2, -0.15) is 0 Å². The Morgan fingerprint density at radius 3 is 0.838 bits per heavy atom. The van der Waals surface area contributed by atoms with Crippen LogP contribution in [0.1, 0.15) is 6.42 Å². The minimum absolute atomic E-state index is 0. The van der Waals surface area contributed by atoms with Gasteiger partial charge in [-0.1, -0.05) is 0 Å². The van der Waals surface area contributed by atoms with Gasteiger partial charge in [-0.25, -0.2) is 43.9 Å². The molecule has 0 fully saturated rings. The van der Waals surface area contributed by atoms with E-state index in [1.165, 1.54) is 0 Å². The summed E-state index contributed by atoms with van der Waals surface area (Å²) in [5.74, 6) is -7.65. The predicted molar refractivity (Wildman–Crippen MR) is 96.4 cm³/mol. The van der Waals surface area contributed by atoms with Gasteiger partial charge in [-0.15, -0.1) is 17.6 Å². The Kier molecular flexibility index (Phi) is 33.8. The number of aliphatic hydroxyl groups is 2. The molecule has 37 heavy (non-hydrogen) atoms. The van der Waals surface area contributed by atoms with Crippen LogP contribution in [0.2, 0.25) is 0 Å². The van der Waals surface area contributed by atoms with Crippen LogP contribution in [0, 0.1) is 0 Å². The maximum atomic E-state index is 12.0. The van der Waals surface area contributed by atoms with Crippen LogP contribution >= 0.6 is 0 Å². The van der Waals surface area contributed by atoms with Crippen LogP contribution in [0.5, 0.6) is 0 Å². The van der Waals surface area contributed by atoms with Gasteiger partial charge in [0.05, 0.1) is 6.42 Å². The Labute approximate surface area is 214 Å². The first-order valence-corrected chi connectivity index (χ1v) is 9.26. The molecule has 0 amide bonds. The average molecular weight is 586 g/mol. The molecule has 0 aromatic rings. The summed E-state index contributed by atoms with van der Waals surface area (Å²) in [7, 11) is 0. The third-order valence-corrected chi connectivity index (χ3v) is 2.58. The van der Waals surface area contributed by atoms with Crippen LogP contribution in [0.4, 0.5) is 61.5 Å². The minimum Gasteiger partial charge on any atom is -0.517 e. The molecule has 0 spiro atoms. The number of alkyl halides is 14. The second kappa shape index (κ2) is 27.0. The van der Waals surface area contributed by atoms with Crippen molar-refractivity contribution in [1.82, 2.24) is 0 Å². The third-order valence-electron chi connectivity index (χ3n) is 2.58. The molecular formula is C15H26BF14LiO6. The quantitative estimate of drug-likeness (QED) is 0.210. The summed E-state index contributed by atoms with van der Waals surface area (Å²) in [5, 5.41) is 15.8. The number of aliphatic hydroxyl groups excluding tert-OH is 2. The van der Waals surface area contributed by atoms with Gasteiger partial charge in [0.1, 0.15) is 39.9 Å². The molecule has 0 bridgehead atoms. The Hall–Kier alpha value is -0.558. The van der Waals surface area contributed by atoms with Gasteiger partial charge >= 0.3 is 32.2 Å². The molecule has 0 aliphatic heterocycles. The fourth-order valence-electron chi connectivity index (χ4n) is 1.53. The Bertz CT molecular complexity index is 414. The molecular weight excluding hydrogens is 560 g/mol. The zero-order valence-electron chi connectivity index (χ0n) is 19.4. The molecule has 0 unspecified atom stereocenters. The molecule has 6 nitrogen and oxygen atoms in total. The molecule has 0 aromatic heterocycles. The molecule has 0 rings (SSSR count). The summed E-state index contributed by atoms with van der Waals surface area (Å²) in [6.07, 6.45) is -7.33. The van der Waals surface area contributed by atoms with E-state index in [0.717, 1.165) is 0 Å². The fourth-order valence-corrected chi connectivity index (χ4v) is 1.53. The van der Waals surface area contributed by atoms with Crippen molar-refractivity contribution >= 4 is 6.96 Å². The third kappa shape index (κ3) is 40.1. The normalized spacial score (nSPS) is 11.7. The summed E-state index contributed by atoms with van der Waals surface area (Å²) < 4.78 is 173. The van der Waals surface area contributed by atoms with Gasteiger partial charge in [0.2, 0.25) is 6.93 Å². The molecule has 0 aliphatic carbocycles. The Balaban J connectivity index is -0.000000146. The molecule has 0 atom stereocenters. The molecule has 0 aliphatic rings. The van der Waals surface area contributed by atoms with E-state index >= 15 is 0 Å². The standard InChI is InChI=1S/C8H16BF4O4.C5H8F4O2.CF4.CH2F2.Li/c10-1-5-14-9(15-6-2-11,16-7-3-12)17-8-4-13;6-4(7,2-10)1-5(8,9)3-11;2-1(3,4)5;2-1-3;/h1-8H2;10-11H,1-3H2;;1H2;/q-1;;;;+1. The number of halogens is 14. The van der Waals surface area contributed by atoms with E-state index in [9.17, 15) is 61.5 Å². The zero-order valence-corrected chi connectivity index (χ0v) is 19.4. The summed E-state index contributed by atoms with van der Waals surface area (Å²) in [6, 6.07) is 0. The summed E-state index contributed by atoms with van der Waals surface area (Å²) in [4.78, 5) is 0. The van der Waals surface area contributed by atoms with Crippen molar-refractivity contribution in [2.75, 3.05) is 73.3 Å². The topological polar surface area (TPSA) is 77.4 Å². The van der Waals surface area contributed by atoms with Gasteiger partial charge in [0.25, 0.3) is 11.8 Å². The molecule has 2 N–H and O–H groups in total. The summed E-state index contributed by atoms with van der Waals surface area (Å²) >= 11 is 0. The molecule has 22 heteroatoms. The van der Waals surface area contributed by atoms with E-state index in [2.05, 4.69) is 0 Å². The minimum atomic E-state index is -5.50. The van der Waals surface area contributed by atoms with Gasteiger partial charge < -0.3 is 28.8 Å². The van der Waals surface area contributed by atoms with E-state index in [1.54, 1.807) is 0 Å². The second-order valence-electron chi connectivity index (χ2n) is 5.55. The van der Waals surface area contributed by atoms with Crippen molar-refractivity contribution in [3.05, 3.63) is 0 Å². The Morgan fingerprint density at radius 1 is 0.514 bits per heavy atom. The van der Waals surface area contributed by atoms with E-state index < -0.39 is 105 Å². The predicted octanol–water partition coefficient (Wildman–Crippen LogP) is 1.36. The van der Waals surface area contributed by atoms with Gasteiger partial charge in [-0.3, -0.25) is 0 Å². The first kappa shape index (κ1) is 46.3. The number of hydrogen-bond donors (Lipinski definition) is 2. The van der Waals surface area contributed by atoms with Crippen LogP contribution in [-0.4, -0.2) is 109 Å². The van der Waals surface area contributed by atoms with Gasteiger partial charge in [0, 0.05) is 26.4 Å². The smallest absolute Gasteiger partial charge is 0.517 e. The molecule has 0 radical (unpaired) electrons. The number of rotatable bonds is 16. The monoisotopic (exact) mass is 586 g/mol. The van der Waals surface area contributed by atoms with E-state index in [0.29, 0.717) is 0 Å². The van der Waals surface area contributed by atoms with Crippen LogP contribution in [0.3, 0.4) is 0 Å². The van der Waals surface area contributed by atoms with Crippen LogP contribution in [0.15, 0.2) is 0 Å². The molecule has 0 heterocycles. The molecule has 224 valence electrons. The van der Waals surface area contributed by atoms with E-state index in [-0.39, 0.29) is 18.9 Å². The van der Waals surface area contributed by atoms with Crippen molar-refractivity contribution in [2.45, 2.75) is 24.7 Å². The van der Waals surface area contributed by atoms with Crippen LogP contribution in [-0.2, 0) is 18.6 Å². The molecule has 0 saturated carbocycles. The zero-order chi connectivity index (χ0) is 29.3. The summed E-state index contributed by atoms with van der Waals surface area (Å²) in [5.41, 5.74) is 0. The molecule has 0 saturated heterocycles. The van der Waals surface area contributed by atoms with Crippen molar-refractivity contribution in [2.24, 2.45) is 0 Å². The van der Waals surface area contributed by atoms with E-state index in [4.69, 9.17) is 28.8 Å². The SMILES string of the molecule is FC(F)(F)F.FCCO[B-](OCCF)(OCCF)OCCF.FCF.OCC(F)(F)CC(F)(F)CO.[Li+]. The van der Waals surface area contributed by atoms with Gasteiger partial charge in [0.15, 0.2) is 0 Å². The maximum Gasteiger partial charge on any atom is 1.00 e. The van der Waals surface area contributed by atoms with E-state index in [1.807, 2.05) is 0 Å².